The van der Waals surface area contributed by atoms with Crippen LogP contribution in [0.4, 0.5) is 0 Å². The molecule has 0 spiro atoms. The molecule has 0 amide bonds. The van der Waals surface area contributed by atoms with Gasteiger partial charge in [0.25, 0.3) is 0 Å². The predicted octanol–water partition coefficient (Wildman–Crippen LogP) is 2.40. The van der Waals surface area contributed by atoms with Gasteiger partial charge in [-0.2, -0.15) is 0 Å². The van der Waals surface area contributed by atoms with Crippen molar-refractivity contribution in [3.63, 3.8) is 0 Å². The van der Waals surface area contributed by atoms with Crippen LogP contribution in [0.1, 0.15) is 26.3 Å². The van der Waals surface area contributed by atoms with Gasteiger partial charge >= 0.3 is 0 Å². The fourth-order valence-corrected chi connectivity index (χ4v) is 3.31. The third kappa shape index (κ3) is 8.55. The zero-order valence-electron chi connectivity index (χ0n) is 18.7. The first kappa shape index (κ1) is 25.8. The zero-order chi connectivity index (χ0) is 20.6. The van der Waals surface area contributed by atoms with Crippen LogP contribution in [-0.4, -0.2) is 81.8 Å². The number of ether oxygens (including phenoxy) is 2. The van der Waals surface area contributed by atoms with Crippen molar-refractivity contribution in [3.05, 3.63) is 23.8 Å². The molecular weight excluding hydrogens is 481 g/mol. The van der Waals surface area contributed by atoms with Crippen molar-refractivity contribution in [2.45, 2.75) is 32.9 Å². The van der Waals surface area contributed by atoms with Gasteiger partial charge in [-0.3, -0.25) is 9.89 Å². The van der Waals surface area contributed by atoms with Crippen LogP contribution in [0.15, 0.2) is 23.2 Å². The van der Waals surface area contributed by atoms with E-state index in [4.69, 9.17) is 9.47 Å². The normalized spacial score (nSPS) is 15.7. The Bertz CT molecular complexity index is 640. The van der Waals surface area contributed by atoms with Crippen LogP contribution in [0.25, 0.3) is 0 Å². The summed E-state index contributed by atoms with van der Waals surface area (Å²) >= 11 is 0. The standard InChI is InChI=1S/C21H37N5O2.HI/c1-21(2,3)24-10-9-23-20(22-4)26-13-11-25(12-14-26)16-17-15-18(27-5)7-8-19(17)28-6;/h7-8,15,24H,9-14,16H2,1-6H3,(H,22,23);1H. The third-order valence-corrected chi connectivity index (χ3v) is 4.83. The molecule has 1 aliphatic rings. The minimum absolute atomic E-state index is 0. The molecule has 1 fully saturated rings. The van der Waals surface area contributed by atoms with Crippen LogP contribution in [0, 0.1) is 0 Å². The van der Waals surface area contributed by atoms with E-state index in [2.05, 4.69) is 52.3 Å². The van der Waals surface area contributed by atoms with Crippen LogP contribution < -0.4 is 20.1 Å². The lowest BCUT2D eigenvalue weighted by molar-refractivity contribution is 0.171. The minimum Gasteiger partial charge on any atom is -0.497 e. The van der Waals surface area contributed by atoms with E-state index in [1.165, 1.54) is 0 Å². The highest BCUT2D eigenvalue weighted by atomic mass is 127. The summed E-state index contributed by atoms with van der Waals surface area (Å²) in [6.07, 6.45) is 0. The van der Waals surface area contributed by atoms with Crippen LogP contribution in [0.5, 0.6) is 11.5 Å². The number of aliphatic imine (C=N–C) groups is 1. The molecule has 7 nitrogen and oxygen atoms in total. The van der Waals surface area contributed by atoms with Crippen LogP contribution in [-0.2, 0) is 6.54 Å². The van der Waals surface area contributed by atoms with Crippen molar-refractivity contribution < 1.29 is 9.47 Å². The SMILES string of the molecule is CN=C(NCCNC(C)(C)C)N1CCN(Cc2cc(OC)ccc2OC)CC1.I. The molecule has 1 heterocycles. The van der Waals surface area contributed by atoms with Crippen molar-refractivity contribution in [1.82, 2.24) is 20.4 Å². The number of guanidine groups is 1. The van der Waals surface area contributed by atoms with Gasteiger partial charge in [-0.15, -0.1) is 24.0 Å². The molecule has 2 N–H and O–H groups in total. The molecule has 0 radical (unpaired) electrons. The van der Waals surface area contributed by atoms with E-state index in [0.717, 1.165) is 68.8 Å². The number of rotatable bonds is 7. The Hall–Kier alpha value is -1.26. The van der Waals surface area contributed by atoms with Crippen molar-refractivity contribution in [3.8, 4) is 11.5 Å². The second-order valence-corrected chi connectivity index (χ2v) is 8.09. The summed E-state index contributed by atoms with van der Waals surface area (Å²) in [4.78, 5) is 9.23. The van der Waals surface area contributed by atoms with Crippen molar-refractivity contribution in [2.75, 3.05) is 60.5 Å². The lowest BCUT2D eigenvalue weighted by Crippen LogP contribution is -2.53. The summed E-state index contributed by atoms with van der Waals surface area (Å²) in [5, 5.41) is 6.96. The van der Waals surface area contributed by atoms with E-state index in [-0.39, 0.29) is 29.5 Å². The monoisotopic (exact) mass is 519 g/mol. The van der Waals surface area contributed by atoms with Gasteiger partial charge in [0.15, 0.2) is 5.96 Å². The van der Waals surface area contributed by atoms with Gasteiger partial charge in [-0.05, 0) is 39.0 Å². The molecule has 1 aromatic rings. The number of hydrogen-bond donors (Lipinski definition) is 2. The van der Waals surface area contributed by atoms with Crippen LogP contribution in [0.3, 0.4) is 0 Å². The molecule has 1 aromatic carbocycles. The topological polar surface area (TPSA) is 61.4 Å². The van der Waals surface area contributed by atoms with E-state index in [0.29, 0.717) is 0 Å². The highest BCUT2D eigenvalue weighted by molar-refractivity contribution is 14.0. The Kier molecular flexibility index (Phi) is 11.1. The quantitative estimate of drug-likeness (QED) is 0.250. The molecule has 2 rings (SSSR count). The van der Waals surface area contributed by atoms with Crippen molar-refractivity contribution >= 4 is 29.9 Å². The van der Waals surface area contributed by atoms with Gasteiger partial charge in [0.2, 0.25) is 0 Å². The smallest absolute Gasteiger partial charge is 0.193 e. The van der Waals surface area contributed by atoms with E-state index >= 15 is 0 Å². The number of piperazine rings is 1. The second kappa shape index (κ2) is 12.4. The average Bonchev–Trinajstić information content (AvgIpc) is 2.68. The Morgan fingerprint density at radius 2 is 1.76 bits per heavy atom. The summed E-state index contributed by atoms with van der Waals surface area (Å²) in [6.45, 7) is 13.1. The zero-order valence-corrected chi connectivity index (χ0v) is 21.1. The van der Waals surface area contributed by atoms with Gasteiger partial charge in [-0.1, -0.05) is 0 Å². The van der Waals surface area contributed by atoms with E-state index in [1.807, 2.05) is 19.2 Å². The Balaban J connectivity index is 0.00000420. The molecule has 8 heteroatoms. The maximum absolute atomic E-state index is 5.51. The summed E-state index contributed by atoms with van der Waals surface area (Å²) in [5.74, 6) is 2.75. The highest BCUT2D eigenvalue weighted by Crippen LogP contribution is 2.25. The number of nitrogens with one attached hydrogen (secondary N) is 2. The first-order valence-corrected chi connectivity index (χ1v) is 10.00. The minimum atomic E-state index is 0. The fourth-order valence-electron chi connectivity index (χ4n) is 3.31. The summed E-state index contributed by atoms with van der Waals surface area (Å²) in [6, 6.07) is 5.97. The fraction of sp³-hybridized carbons (Fsp3) is 0.667. The van der Waals surface area contributed by atoms with Gasteiger partial charge < -0.3 is 25.0 Å². The first-order valence-electron chi connectivity index (χ1n) is 10.00. The maximum Gasteiger partial charge on any atom is 0.193 e. The Morgan fingerprint density at radius 1 is 1.07 bits per heavy atom. The predicted molar refractivity (Wildman–Crippen MR) is 131 cm³/mol. The highest BCUT2D eigenvalue weighted by Gasteiger charge is 2.21. The molecule has 0 atom stereocenters. The average molecular weight is 519 g/mol. The molecule has 0 bridgehead atoms. The van der Waals surface area contributed by atoms with Gasteiger partial charge in [0, 0.05) is 64.0 Å². The molecule has 1 saturated heterocycles. The van der Waals surface area contributed by atoms with Gasteiger partial charge in [-0.25, -0.2) is 0 Å². The molecule has 1 aliphatic heterocycles. The Labute approximate surface area is 193 Å². The molecule has 166 valence electrons. The van der Waals surface area contributed by atoms with Gasteiger partial charge in [0.1, 0.15) is 11.5 Å². The van der Waals surface area contributed by atoms with Crippen molar-refractivity contribution in [2.24, 2.45) is 4.99 Å². The van der Waals surface area contributed by atoms with Crippen LogP contribution >= 0.6 is 24.0 Å². The molecule has 0 aromatic heterocycles. The summed E-state index contributed by atoms with van der Waals surface area (Å²) in [5.41, 5.74) is 1.30. The third-order valence-electron chi connectivity index (χ3n) is 4.83. The number of methoxy groups -OCH3 is 2. The molecular formula is C21H38IN5O2. The number of hydrogen-bond acceptors (Lipinski definition) is 5. The Morgan fingerprint density at radius 3 is 2.31 bits per heavy atom. The lowest BCUT2D eigenvalue weighted by Gasteiger charge is -2.36. The molecule has 0 aliphatic carbocycles. The molecule has 0 saturated carbocycles. The van der Waals surface area contributed by atoms with E-state index < -0.39 is 0 Å². The van der Waals surface area contributed by atoms with Crippen LogP contribution in [0.2, 0.25) is 0 Å². The van der Waals surface area contributed by atoms with Crippen molar-refractivity contribution in [1.29, 1.82) is 0 Å². The van der Waals surface area contributed by atoms with E-state index in [9.17, 15) is 0 Å². The second-order valence-electron chi connectivity index (χ2n) is 8.09. The number of halogens is 1. The van der Waals surface area contributed by atoms with Gasteiger partial charge in [0.05, 0.1) is 14.2 Å². The molecule has 29 heavy (non-hydrogen) atoms. The maximum atomic E-state index is 5.51. The largest absolute Gasteiger partial charge is 0.497 e. The first-order chi connectivity index (χ1) is 13.4. The molecule has 0 unspecified atom stereocenters. The number of benzene rings is 1. The summed E-state index contributed by atoms with van der Waals surface area (Å²) in [7, 11) is 5.26. The lowest BCUT2D eigenvalue weighted by atomic mass is 10.1. The number of nitrogens with zero attached hydrogens (tertiary/aromatic N) is 3. The summed E-state index contributed by atoms with van der Waals surface area (Å²) < 4.78 is 10.9. The van der Waals surface area contributed by atoms with E-state index in [1.54, 1.807) is 14.2 Å².